The van der Waals surface area contributed by atoms with E-state index in [9.17, 15) is 0 Å². The quantitative estimate of drug-likeness (QED) is 0.635. The molecule has 0 amide bonds. The summed E-state index contributed by atoms with van der Waals surface area (Å²) >= 11 is 0. The van der Waals surface area contributed by atoms with Crippen LogP contribution in [0.15, 0.2) is 0 Å². The van der Waals surface area contributed by atoms with Gasteiger partial charge in [-0.25, -0.2) is 0 Å². The maximum Gasteiger partial charge on any atom is 0.00698 e. The van der Waals surface area contributed by atoms with Gasteiger partial charge in [0.25, 0.3) is 0 Å². The maximum atomic E-state index is 6.05. The van der Waals surface area contributed by atoms with Crippen LogP contribution in [0, 0.1) is 11.8 Å². The highest BCUT2D eigenvalue weighted by atomic mass is 31.0. The van der Waals surface area contributed by atoms with Crippen LogP contribution in [0.4, 0.5) is 0 Å². The lowest BCUT2D eigenvalue weighted by atomic mass is 9.76. The number of rotatable bonds is 2. The number of nitrogens with two attached hydrogens (primary N) is 1. The number of hydrogen-bond donors (Lipinski definition) is 1. The SMILES string of the molecule is CCC1C(CP)CCC[C@@H]1N. The highest BCUT2D eigenvalue weighted by Crippen LogP contribution is 2.32. The zero-order chi connectivity index (χ0) is 8.27. The van der Waals surface area contributed by atoms with Gasteiger partial charge in [0.2, 0.25) is 0 Å². The maximum absolute atomic E-state index is 6.05. The molecule has 0 radical (unpaired) electrons. The summed E-state index contributed by atoms with van der Waals surface area (Å²) in [6.45, 7) is 2.27. The molecule has 0 bridgehead atoms. The minimum absolute atomic E-state index is 0.485. The van der Waals surface area contributed by atoms with Crippen molar-refractivity contribution in [2.24, 2.45) is 17.6 Å². The molecule has 1 saturated carbocycles. The Labute approximate surface area is 72.3 Å². The van der Waals surface area contributed by atoms with Crippen molar-refractivity contribution < 1.29 is 0 Å². The summed E-state index contributed by atoms with van der Waals surface area (Å²) in [4.78, 5) is 0. The fourth-order valence-electron chi connectivity index (χ4n) is 2.32. The van der Waals surface area contributed by atoms with Gasteiger partial charge in [0.1, 0.15) is 0 Å². The van der Waals surface area contributed by atoms with Crippen molar-refractivity contribution in [3.05, 3.63) is 0 Å². The zero-order valence-electron chi connectivity index (χ0n) is 7.42. The van der Waals surface area contributed by atoms with Crippen LogP contribution in [-0.4, -0.2) is 12.2 Å². The van der Waals surface area contributed by atoms with Gasteiger partial charge in [0.05, 0.1) is 0 Å². The Morgan fingerprint density at radius 3 is 2.64 bits per heavy atom. The molecule has 2 N–H and O–H groups in total. The summed E-state index contributed by atoms with van der Waals surface area (Å²) in [5.74, 6) is 1.68. The molecule has 1 fully saturated rings. The normalized spacial score (nSPS) is 39.0. The fraction of sp³-hybridized carbons (Fsp3) is 1.00. The summed E-state index contributed by atoms with van der Waals surface area (Å²) in [5, 5.41) is 0. The van der Waals surface area contributed by atoms with Crippen molar-refractivity contribution in [3.8, 4) is 0 Å². The average molecular weight is 173 g/mol. The third kappa shape index (κ3) is 2.16. The van der Waals surface area contributed by atoms with Crippen LogP contribution in [-0.2, 0) is 0 Å². The Bertz CT molecular complexity index is 116. The molecule has 0 aliphatic heterocycles. The highest BCUT2D eigenvalue weighted by molar-refractivity contribution is 7.16. The molecule has 1 rings (SSSR count). The van der Waals surface area contributed by atoms with Crippen molar-refractivity contribution in [2.75, 3.05) is 6.16 Å². The molecular formula is C9H20NP. The Hall–Kier alpha value is 0.390. The van der Waals surface area contributed by atoms with Crippen LogP contribution in [0.2, 0.25) is 0 Å². The Morgan fingerprint density at radius 1 is 1.45 bits per heavy atom. The van der Waals surface area contributed by atoms with Crippen LogP contribution < -0.4 is 5.73 Å². The van der Waals surface area contributed by atoms with E-state index in [4.69, 9.17) is 5.73 Å². The van der Waals surface area contributed by atoms with Crippen LogP contribution in [0.25, 0.3) is 0 Å². The topological polar surface area (TPSA) is 26.0 Å². The van der Waals surface area contributed by atoms with E-state index < -0.39 is 0 Å². The summed E-state index contributed by atoms with van der Waals surface area (Å²) < 4.78 is 0. The molecule has 4 atom stereocenters. The first-order valence-corrected chi connectivity index (χ1v) is 5.56. The molecule has 0 aromatic rings. The second-order valence-corrected chi connectivity index (χ2v) is 4.13. The zero-order valence-corrected chi connectivity index (χ0v) is 8.58. The van der Waals surface area contributed by atoms with Gasteiger partial charge in [-0.2, -0.15) is 0 Å². The van der Waals surface area contributed by atoms with E-state index in [0.29, 0.717) is 6.04 Å². The van der Waals surface area contributed by atoms with E-state index >= 15 is 0 Å². The van der Waals surface area contributed by atoms with Gasteiger partial charge in [-0.3, -0.25) is 0 Å². The third-order valence-corrected chi connectivity index (χ3v) is 3.65. The average Bonchev–Trinajstić information content (AvgIpc) is 2.04. The largest absolute Gasteiger partial charge is 0.327 e. The van der Waals surface area contributed by atoms with Crippen molar-refractivity contribution in [2.45, 2.75) is 38.6 Å². The van der Waals surface area contributed by atoms with Gasteiger partial charge in [-0.1, -0.05) is 19.8 Å². The van der Waals surface area contributed by atoms with Gasteiger partial charge in [-0.05, 0) is 30.8 Å². The Balaban J connectivity index is 2.48. The first kappa shape index (κ1) is 9.48. The van der Waals surface area contributed by atoms with Crippen LogP contribution >= 0.6 is 9.24 Å². The summed E-state index contributed by atoms with van der Waals surface area (Å²) in [6.07, 6.45) is 6.50. The van der Waals surface area contributed by atoms with E-state index in [1.54, 1.807) is 0 Å². The number of hydrogen-bond acceptors (Lipinski definition) is 1. The van der Waals surface area contributed by atoms with Gasteiger partial charge >= 0.3 is 0 Å². The fourth-order valence-corrected chi connectivity index (χ4v) is 2.91. The Morgan fingerprint density at radius 2 is 2.18 bits per heavy atom. The second kappa shape index (κ2) is 4.42. The predicted octanol–water partition coefficient (Wildman–Crippen LogP) is 2.02. The predicted molar refractivity (Wildman–Crippen MR) is 53.7 cm³/mol. The van der Waals surface area contributed by atoms with Crippen LogP contribution in [0.5, 0.6) is 0 Å². The molecule has 1 aliphatic carbocycles. The molecule has 1 nitrogen and oxygen atoms in total. The summed E-state index contributed by atoms with van der Waals surface area (Å²) in [6, 6.07) is 0.485. The van der Waals surface area contributed by atoms with Crippen LogP contribution in [0.3, 0.4) is 0 Å². The van der Waals surface area contributed by atoms with Gasteiger partial charge < -0.3 is 5.73 Å². The molecule has 0 saturated heterocycles. The molecule has 0 aromatic heterocycles. The van der Waals surface area contributed by atoms with E-state index in [2.05, 4.69) is 16.2 Å². The highest BCUT2D eigenvalue weighted by Gasteiger charge is 2.27. The van der Waals surface area contributed by atoms with Gasteiger partial charge in [0.15, 0.2) is 0 Å². The van der Waals surface area contributed by atoms with E-state index in [1.807, 2.05) is 0 Å². The Kier molecular flexibility index (Phi) is 3.81. The molecule has 2 heteroatoms. The molecular weight excluding hydrogens is 153 g/mol. The van der Waals surface area contributed by atoms with E-state index in [0.717, 1.165) is 11.8 Å². The lowest BCUT2D eigenvalue weighted by Gasteiger charge is -2.35. The lowest BCUT2D eigenvalue weighted by Crippen LogP contribution is -2.38. The minimum Gasteiger partial charge on any atom is -0.327 e. The molecule has 0 heterocycles. The first-order chi connectivity index (χ1) is 5.29. The van der Waals surface area contributed by atoms with Crippen molar-refractivity contribution in [1.29, 1.82) is 0 Å². The van der Waals surface area contributed by atoms with Gasteiger partial charge in [0, 0.05) is 6.04 Å². The standard InChI is InChI=1S/C9H20NP/c1-2-8-7(6-11)4-3-5-9(8)10/h7-9H,2-6,10-11H2,1H3/t7?,8?,9-/m0/s1. The third-order valence-electron chi connectivity index (χ3n) is 3.04. The smallest absolute Gasteiger partial charge is 0.00698 e. The molecule has 1 aliphatic rings. The summed E-state index contributed by atoms with van der Waals surface area (Å²) in [7, 11) is 2.86. The lowest BCUT2D eigenvalue weighted by molar-refractivity contribution is 0.218. The second-order valence-electron chi connectivity index (χ2n) is 3.66. The van der Waals surface area contributed by atoms with Gasteiger partial charge in [-0.15, -0.1) is 9.24 Å². The van der Waals surface area contributed by atoms with Crippen molar-refractivity contribution in [1.82, 2.24) is 0 Å². The molecule has 0 spiro atoms. The van der Waals surface area contributed by atoms with Crippen molar-refractivity contribution >= 4 is 9.24 Å². The molecule has 11 heavy (non-hydrogen) atoms. The molecule has 0 aromatic carbocycles. The first-order valence-electron chi connectivity index (χ1n) is 4.75. The molecule has 66 valence electrons. The van der Waals surface area contributed by atoms with Crippen LogP contribution in [0.1, 0.15) is 32.6 Å². The molecule has 3 unspecified atom stereocenters. The minimum atomic E-state index is 0.485. The van der Waals surface area contributed by atoms with E-state index in [-0.39, 0.29) is 0 Å². The monoisotopic (exact) mass is 173 g/mol. The van der Waals surface area contributed by atoms with E-state index in [1.165, 1.54) is 31.8 Å². The summed E-state index contributed by atoms with van der Waals surface area (Å²) in [5.41, 5.74) is 6.05. The van der Waals surface area contributed by atoms with Crippen molar-refractivity contribution in [3.63, 3.8) is 0 Å².